The first-order valence-corrected chi connectivity index (χ1v) is 7.22. The summed E-state index contributed by atoms with van der Waals surface area (Å²) in [6.07, 6.45) is 1.45. The van der Waals surface area contributed by atoms with E-state index in [1.165, 1.54) is 0 Å². The highest BCUT2D eigenvalue weighted by atomic mass is 16.5. The summed E-state index contributed by atoms with van der Waals surface area (Å²) < 4.78 is 11.0. The average molecular weight is 282 g/mol. The Morgan fingerprint density at radius 1 is 1.45 bits per heavy atom. The zero-order chi connectivity index (χ0) is 14.8. The lowest BCUT2D eigenvalue weighted by Crippen LogP contribution is -2.35. The molecule has 6 heteroatoms. The van der Waals surface area contributed by atoms with Crippen molar-refractivity contribution >= 4 is 0 Å². The van der Waals surface area contributed by atoms with E-state index < -0.39 is 0 Å². The van der Waals surface area contributed by atoms with Crippen molar-refractivity contribution in [1.82, 2.24) is 15.0 Å². The van der Waals surface area contributed by atoms with Crippen molar-refractivity contribution in [2.24, 2.45) is 11.1 Å². The third-order valence-corrected chi connectivity index (χ3v) is 3.35. The minimum absolute atomic E-state index is 0.0400. The number of rotatable bonds is 4. The van der Waals surface area contributed by atoms with Crippen LogP contribution in [0.15, 0.2) is 4.52 Å². The van der Waals surface area contributed by atoms with Gasteiger partial charge in [0.1, 0.15) is 6.10 Å². The number of hydrogen-bond acceptors (Lipinski definition) is 6. The van der Waals surface area contributed by atoms with Crippen LogP contribution in [0.3, 0.4) is 0 Å². The van der Waals surface area contributed by atoms with Crippen molar-refractivity contribution in [3.63, 3.8) is 0 Å². The number of nitrogens with zero attached hydrogens (tertiary/aromatic N) is 3. The van der Waals surface area contributed by atoms with E-state index in [0.717, 1.165) is 19.5 Å². The zero-order valence-corrected chi connectivity index (χ0v) is 12.9. The van der Waals surface area contributed by atoms with Gasteiger partial charge in [-0.2, -0.15) is 4.98 Å². The van der Waals surface area contributed by atoms with Gasteiger partial charge >= 0.3 is 0 Å². The number of nitrogens with two attached hydrogens (primary N) is 1. The second-order valence-electron chi connectivity index (χ2n) is 6.90. The molecule has 2 heterocycles. The van der Waals surface area contributed by atoms with Crippen molar-refractivity contribution in [3.8, 4) is 0 Å². The largest absolute Gasteiger partial charge is 0.367 e. The molecule has 0 spiro atoms. The second kappa shape index (κ2) is 6.20. The molecule has 1 aliphatic rings. The van der Waals surface area contributed by atoms with E-state index >= 15 is 0 Å². The van der Waals surface area contributed by atoms with Crippen LogP contribution in [0.5, 0.6) is 0 Å². The van der Waals surface area contributed by atoms with Crippen LogP contribution in [-0.2, 0) is 11.2 Å². The topological polar surface area (TPSA) is 77.4 Å². The first-order valence-electron chi connectivity index (χ1n) is 7.22. The first-order chi connectivity index (χ1) is 9.33. The van der Waals surface area contributed by atoms with Gasteiger partial charge in [0, 0.05) is 25.6 Å². The van der Waals surface area contributed by atoms with Gasteiger partial charge in [0.25, 0.3) is 0 Å². The van der Waals surface area contributed by atoms with Gasteiger partial charge in [-0.15, -0.1) is 0 Å². The van der Waals surface area contributed by atoms with Crippen molar-refractivity contribution in [2.75, 3.05) is 26.7 Å². The molecule has 0 saturated carbocycles. The fraction of sp³-hybridized carbons (Fsp3) is 0.857. The minimum atomic E-state index is -0.0925. The van der Waals surface area contributed by atoms with E-state index in [0.29, 0.717) is 24.7 Å². The van der Waals surface area contributed by atoms with Crippen LogP contribution >= 0.6 is 0 Å². The maximum atomic E-state index is 6.13. The molecule has 6 nitrogen and oxygen atoms in total. The van der Waals surface area contributed by atoms with Gasteiger partial charge in [-0.1, -0.05) is 25.9 Å². The van der Waals surface area contributed by atoms with Gasteiger partial charge in [0.15, 0.2) is 0 Å². The SMILES string of the molecule is CN1CCOC(c2noc(CC(N)CC(C)(C)C)n2)C1. The van der Waals surface area contributed by atoms with Crippen molar-refractivity contribution in [3.05, 3.63) is 11.7 Å². The third-order valence-electron chi connectivity index (χ3n) is 3.35. The average Bonchev–Trinajstić information content (AvgIpc) is 2.74. The second-order valence-corrected chi connectivity index (χ2v) is 6.90. The van der Waals surface area contributed by atoms with Crippen LogP contribution in [0.1, 0.15) is 45.0 Å². The molecule has 1 fully saturated rings. The summed E-state index contributed by atoms with van der Waals surface area (Å²) in [6.45, 7) is 8.98. The smallest absolute Gasteiger partial charge is 0.228 e. The Balaban J connectivity index is 1.92. The highest BCUT2D eigenvalue weighted by Crippen LogP contribution is 2.22. The summed E-state index contributed by atoms with van der Waals surface area (Å²) in [5.74, 6) is 1.24. The molecule has 1 aromatic heterocycles. The summed E-state index contributed by atoms with van der Waals surface area (Å²) in [4.78, 5) is 6.63. The Bertz CT molecular complexity index is 427. The fourth-order valence-corrected chi connectivity index (χ4v) is 2.50. The number of aromatic nitrogens is 2. The minimum Gasteiger partial charge on any atom is -0.367 e. The lowest BCUT2D eigenvalue weighted by atomic mass is 9.87. The van der Waals surface area contributed by atoms with E-state index in [4.69, 9.17) is 15.0 Å². The Hall–Kier alpha value is -0.980. The lowest BCUT2D eigenvalue weighted by Gasteiger charge is -2.27. The van der Waals surface area contributed by atoms with E-state index in [1.54, 1.807) is 0 Å². The molecule has 2 rings (SSSR count). The molecular weight excluding hydrogens is 256 g/mol. The highest BCUT2D eigenvalue weighted by molar-refractivity contribution is 4.95. The quantitative estimate of drug-likeness (QED) is 0.899. The summed E-state index contributed by atoms with van der Waals surface area (Å²) in [5.41, 5.74) is 6.34. The van der Waals surface area contributed by atoms with E-state index in [2.05, 4.69) is 42.9 Å². The number of morpholine rings is 1. The van der Waals surface area contributed by atoms with Crippen molar-refractivity contribution < 1.29 is 9.26 Å². The van der Waals surface area contributed by atoms with Crippen LogP contribution in [0.2, 0.25) is 0 Å². The highest BCUT2D eigenvalue weighted by Gasteiger charge is 2.25. The molecule has 1 aliphatic heterocycles. The fourth-order valence-electron chi connectivity index (χ4n) is 2.50. The Morgan fingerprint density at radius 3 is 2.85 bits per heavy atom. The Kier molecular flexibility index (Phi) is 4.78. The summed E-state index contributed by atoms with van der Waals surface area (Å²) in [7, 11) is 2.07. The van der Waals surface area contributed by atoms with Crippen molar-refractivity contribution in [2.45, 2.75) is 45.8 Å². The molecule has 2 unspecified atom stereocenters. The normalized spacial score (nSPS) is 22.9. The maximum Gasteiger partial charge on any atom is 0.228 e. The van der Waals surface area contributed by atoms with Crippen LogP contribution in [0.25, 0.3) is 0 Å². The van der Waals surface area contributed by atoms with Crippen LogP contribution < -0.4 is 5.73 Å². The lowest BCUT2D eigenvalue weighted by molar-refractivity contribution is -0.0264. The number of hydrogen-bond donors (Lipinski definition) is 1. The molecule has 1 aromatic rings. The molecule has 0 amide bonds. The summed E-state index contributed by atoms with van der Waals surface area (Å²) in [6, 6.07) is 0.0400. The molecular formula is C14H26N4O2. The molecule has 2 atom stereocenters. The first kappa shape index (κ1) is 15.4. The molecule has 0 bridgehead atoms. The van der Waals surface area contributed by atoms with Crippen LogP contribution in [-0.4, -0.2) is 47.8 Å². The number of likely N-dealkylation sites (N-methyl/N-ethyl adjacent to an activating group) is 1. The van der Waals surface area contributed by atoms with E-state index in [1.807, 2.05) is 0 Å². The third kappa shape index (κ3) is 4.54. The molecule has 2 N–H and O–H groups in total. The summed E-state index contributed by atoms with van der Waals surface area (Å²) >= 11 is 0. The zero-order valence-electron chi connectivity index (χ0n) is 12.9. The molecule has 0 radical (unpaired) electrons. The van der Waals surface area contributed by atoms with Gasteiger partial charge in [-0.25, -0.2) is 0 Å². The predicted octanol–water partition coefficient (Wildman–Crippen LogP) is 1.38. The predicted molar refractivity (Wildman–Crippen MR) is 76.2 cm³/mol. The molecule has 20 heavy (non-hydrogen) atoms. The van der Waals surface area contributed by atoms with E-state index in [-0.39, 0.29) is 17.6 Å². The molecule has 0 aliphatic carbocycles. The van der Waals surface area contributed by atoms with Gasteiger partial charge < -0.3 is 19.9 Å². The monoisotopic (exact) mass is 282 g/mol. The molecule has 0 aromatic carbocycles. The van der Waals surface area contributed by atoms with Gasteiger partial charge in [0.2, 0.25) is 11.7 Å². The van der Waals surface area contributed by atoms with Gasteiger partial charge in [-0.05, 0) is 18.9 Å². The van der Waals surface area contributed by atoms with Crippen molar-refractivity contribution in [1.29, 1.82) is 0 Å². The Morgan fingerprint density at radius 2 is 2.20 bits per heavy atom. The molecule has 1 saturated heterocycles. The summed E-state index contributed by atoms with van der Waals surface area (Å²) in [5, 5.41) is 4.03. The Labute approximate surface area is 120 Å². The standard InChI is InChI=1S/C14H26N4O2/c1-14(2,3)8-10(15)7-12-16-13(17-20-12)11-9-18(4)5-6-19-11/h10-11H,5-9,15H2,1-4H3. The number of ether oxygens (including phenoxy) is 1. The van der Waals surface area contributed by atoms with Gasteiger partial charge in [-0.3, -0.25) is 0 Å². The van der Waals surface area contributed by atoms with Crippen LogP contribution in [0, 0.1) is 5.41 Å². The van der Waals surface area contributed by atoms with Crippen LogP contribution in [0.4, 0.5) is 0 Å². The maximum absolute atomic E-state index is 6.13. The van der Waals surface area contributed by atoms with Gasteiger partial charge in [0.05, 0.1) is 6.61 Å². The molecule has 114 valence electrons. The van der Waals surface area contributed by atoms with E-state index in [9.17, 15) is 0 Å².